The molecule has 0 saturated carbocycles. The Bertz CT molecular complexity index is 636. The highest BCUT2D eigenvalue weighted by Crippen LogP contribution is 2.13. The van der Waals surface area contributed by atoms with Crippen LogP contribution in [0.2, 0.25) is 0 Å². The van der Waals surface area contributed by atoms with Crippen LogP contribution < -0.4 is 10.2 Å². The highest BCUT2D eigenvalue weighted by molar-refractivity contribution is 5.91. The summed E-state index contributed by atoms with van der Waals surface area (Å²) in [6.07, 6.45) is 0. The predicted octanol–water partition coefficient (Wildman–Crippen LogP) is 1.15. The Morgan fingerprint density at radius 2 is 2.00 bits per heavy atom. The molecule has 2 heterocycles. The summed E-state index contributed by atoms with van der Waals surface area (Å²) >= 11 is 0. The van der Waals surface area contributed by atoms with Crippen LogP contribution in [0.4, 0.5) is 0 Å². The van der Waals surface area contributed by atoms with Gasteiger partial charge in [-0.3, -0.25) is 10.2 Å². The van der Waals surface area contributed by atoms with Crippen molar-refractivity contribution in [2.45, 2.75) is 6.61 Å². The number of aromatic nitrogens is 1. The second-order valence-corrected chi connectivity index (χ2v) is 5.53. The van der Waals surface area contributed by atoms with Gasteiger partial charge in [-0.1, -0.05) is 30.3 Å². The van der Waals surface area contributed by atoms with E-state index in [9.17, 15) is 4.79 Å². The molecular formula is C16H20N4O3. The van der Waals surface area contributed by atoms with E-state index in [1.807, 2.05) is 35.3 Å². The molecule has 1 aliphatic rings. The fraction of sp³-hybridized carbons (Fsp3) is 0.375. The minimum atomic E-state index is -0.309. The van der Waals surface area contributed by atoms with Crippen LogP contribution in [0.25, 0.3) is 0 Å². The van der Waals surface area contributed by atoms with E-state index in [4.69, 9.17) is 9.26 Å². The maximum Gasteiger partial charge on any atom is 0.304 e. The first-order valence-corrected chi connectivity index (χ1v) is 7.58. The van der Waals surface area contributed by atoms with Gasteiger partial charge < -0.3 is 14.2 Å². The molecular weight excluding hydrogens is 296 g/mol. The molecule has 1 amide bonds. The van der Waals surface area contributed by atoms with E-state index in [1.54, 1.807) is 0 Å². The van der Waals surface area contributed by atoms with E-state index in [0.717, 1.165) is 31.7 Å². The molecule has 0 aliphatic carbocycles. The average Bonchev–Trinajstić information content (AvgIpc) is 3.05. The third-order valence-corrected chi connectivity index (χ3v) is 3.70. The quantitative estimate of drug-likeness (QED) is 0.892. The molecule has 0 bridgehead atoms. The first-order chi connectivity index (χ1) is 11.2. The van der Waals surface area contributed by atoms with Crippen molar-refractivity contribution in [3.05, 3.63) is 47.7 Å². The number of rotatable bonds is 5. The number of benzene rings is 1. The highest BCUT2D eigenvalue weighted by Gasteiger charge is 2.19. The van der Waals surface area contributed by atoms with Crippen LogP contribution in [-0.4, -0.2) is 54.2 Å². The van der Waals surface area contributed by atoms with E-state index in [-0.39, 0.29) is 11.7 Å². The molecule has 23 heavy (non-hydrogen) atoms. The van der Waals surface area contributed by atoms with Crippen LogP contribution in [0.15, 0.2) is 40.9 Å². The van der Waals surface area contributed by atoms with Gasteiger partial charge in [-0.15, -0.1) is 0 Å². The van der Waals surface area contributed by atoms with Crippen molar-refractivity contribution in [1.82, 2.24) is 20.5 Å². The highest BCUT2D eigenvalue weighted by atomic mass is 16.5. The number of nitrogens with one attached hydrogen (secondary N) is 1. The summed E-state index contributed by atoms with van der Waals surface area (Å²) in [4.78, 5) is 14.3. The lowest BCUT2D eigenvalue weighted by Crippen LogP contribution is -2.52. The zero-order valence-corrected chi connectivity index (χ0v) is 13.1. The first-order valence-electron chi connectivity index (χ1n) is 7.58. The Kier molecular flexibility index (Phi) is 4.89. The molecule has 7 heteroatoms. The lowest BCUT2D eigenvalue weighted by atomic mass is 10.2. The van der Waals surface area contributed by atoms with Crippen molar-refractivity contribution in [3.8, 4) is 5.88 Å². The van der Waals surface area contributed by atoms with Gasteiger partial charge in [0.25, 0.3) is 5.88 Å². The van der Waals surface area contributed by atoms with E-state index >= 15 is 0 Å². The van der Waals surface area contributed by atoms with Crippen molar-refractivity contribution in [2.75, 3.05) is 33.2 Å². The SMILES string of the molecule is CN1CCN(NC(=O)c2cc(OCc3ccccc3)no2)CC1. The molecule has 0 unspecified atom stereocenters. The maximum atomic E-state index is 12.1. The van der Waals surface area contributed by atoms with Crippen molar-refractivity contribution < 1.29 is 14.1 Å². The molecule has 0 radical (unpaired) electrons. The number of piperazine rings is 1. The van der Waals surface area contributed by atoms with Gasteiger partial charge in [-0.2, -0.15) is 0 Å². The van der Waals surface area contributed by atoms with Crippen LogP contribution >= 0.6 is 0 Å². The minimum absolute atomic E-state index is 0.145. The lowest BCUT2D eigenvalue weighted by molar-refractivity contribution is 0.0629. The molecule has 1 saturated heterocycles. The predicted molar refractivity (Wildman–Crippen MR) is 83.8 cm³/mol. The second-order valence-electron chi connectivity index (χ2n) is 5.53. The zero-order chi connectivity index (χ0) is 16.1. The monoisotopic (exact) mass is 316 g/mol. The summed E-state index contributed by atoms with van der Waals surface area (Å²) in [7, 11) is 2.06. The Hall–Kier alpha value is -2.38. The van der Waals surface area contributed by atoms with Gasteiger partial charge >= 0.3 is 5.91 Å². The average molecular weight is 316 g/mol. The molecule has 122 valence electrons. The first kappa shape index (κ1) is 15.5. The molecule has 1 aromatic carbocycles. The molecule has 1 aliphatic heterocycles. The number of hydrogen-bond acceptors (Lipinski definition) is 6. The standard InChI is InChI=1S/C16H20N4O3/c1-19-7-9-20(10-8-19)17-16(21)14-11-15(18-23-14)22-12-13-5-3-2-4-6-13/h2-6,11H,7-10,12H2,1H3,(H,17,21). The summed E-state index contributed by atoms with van der Waals surface area (Å²) in [6, 6.07) is 11.3. The maximum absolute atomic E-state index is 12.1. The number of hydrogen-bond donors (Lipinski definition) is 1. The third-order valence-electron chi connectivity index (χ3n) is 3.70. The van der Waals surface area contributed by atoms with Crippen LogP contribution in [0, 0.1) is 0 Å². The molecule has 0 atom stereocenters. The Labute approximate surface area is 134 Å². The van der Waals surface area contributed by atoms with E-state index in [0.29, 0.717) is 12.5 Å². The minimum Gasteiger partial charge on any atom is -0.471 e. The van der Waals surface area contributed by atoms with Crippen LogP contribution in [0.1, 0.15) is 16.1 Å². The van der Waals surface area contributed by atoms with Gasteiger partial charge in [-0.25, -0.2) is 5.01 Å². The smallest absolute Gasteiger partial charge is 0.304 e. The molecule has 0 spiro atoms. The number of likely N-dealkylation sites (N-methyl/N-ethyl adjacent to an activating group) is 1. The summed E-state index contributed by atoms with van der Waals surface area (Å²) in [5.41, 5.74) is 3.85. The Balaban J connectivity index is 1.51. The summed E-state index contributed by atoms with van der Waals surface area (Å²) in [5, 5.41) is 5.66. The Morgan fingerprint density at radius 3 is 2.74 bits per heavy atom. The molecule has 1 aromatic heterocycles. The molecule has 7 nitrogen and oxygen atoms in total. The normalized spacial score (nSPS) is 16.2. The number of hydrazine groups is 1. The molecule has 3 rings (SSSR count). The molecule has 2 aromatic rings. The summed E-state index contributed by atoms with van der Waals surface area (Å²) in [5.74, 6) is 0.140. The van der Waals surface area contributed by atoms with Gasteiger partial charge in [0, 0.05) is 26.2 Å². The Morgan fingerprint density at radius 1 is 1.26 bits per heavy atom. The number of ether oxygens (including phenoxy) is 1. The fourth-order valence-electron chi connectivity index (χ4n) is 2.28. The van der Waals surface area contributed by atoms with Crippen molar-refractivity contribution in [2.24, 2.45) is 0 Å². The number of carbonyl (C=O) groups is 1. The summed E-state index contributed by atoms with van der Waals surface area (Å²) in [6.45, 7) is 3.79. The van der Waals surface area contributed by atoms with Crippen LogP contribution in [-0.2, 0) is 6.61 Å². The number of nitrogens with zero attached hydrogens (tertiary/aromatic N) is 3. The van der Waals surface area contributed by atoms with Gasteiger partial charge in [0.1, 0.15) is 6.61 Å². The van der Waals surface area contributed by atoms with Crippen molar-refractivity contribution in [3.63, 3.8) is 0 Å². The largest absolute Gasteiger partial charge is 0.471 e. The van der Waals surface area contributed by atoms with Crippen molar-refractivity contribution in [1.29, 1.82) is 0 Å². The number of amides is 1. The van der Waals surface area contributed by atoms with Gasteiger partial charge in [0.05, 0.1) is 6.07 Å². The van der Waals surface area contributed by atoms with Crippen LogP contribution in [0.3, 0.4) is 0 Å². The van der Waals surface area contributed by atoms with Gasteiger partial charge in [-0.05, 0) is 17.8 Å². The lowest BCUT2D eigenvalue weighted by Gasteiger charge is -2.31. The topological polar surface area (TPSA) is 70.8 Å². The van der Waals surface area contributed by atoms with E-state index < -0.39 is 0 Å². The van der Waals surface area contributed by atoms with E-state index in [1.165, 1.54) is 6.07 Å². The third kappa shape index (κ3) is 4.30. The second kappa shape index (κ2) is 7.26. The van der Waals surface area contributed by atoms with Gasteiger partial charge in [0.15, 0.2) is 0 Å². The van der Waals surface area contributed by atoms with Crippen LogP contribution in [0.5, 0.6) is 5.88 Å². The van der Waals surface area contributed by atoms with Gasteiger partial charge in [0.2, 0.25) is 5.76 Å². The van der Waals surface area contributed by atoms with Crippen molar-refractivity contribution >= 4 is 5.91 Å². The summed E-state index contributed by atoms with van der Waals surface area (Å²) < 4.78 is 10.6. The molecule has 1 N–H and O–H groups in total. The number of carbonyl (C=O) groups excluding carboxylic acids is 1. The van der Waals surface area contributed by atoms with E-state index in [2.05, 4.69) is 22.5 Å². The fourth-order valence-corrected chi connectivity index (χ4v) is 2.28. The molecule has 1 fully saturated rings. The zero-order valence-electron chi connectivity index (χ0n) is 13.1.